The van der Waals surface area contributed by atoms with Crippen LogP contribution in [0.1, 0.15) is 17.2 Å². The van der Waals surface area contributed by atoms with Crippen LogP contribution in [0.15, 0.2) is 12.4 Å². The van der Waals surface area contributed by atoms with Crippen molar-refractivity contribution in [1.29, 1.82) is 0 Å². The summed E-state index contributed by atoms with van der Waals surface area (Å²) in [6.07, 6.45) is 3.54. The molecule has 0 spiro atoms. The van der Waals surface area contributed by atoms with Crippen molar-refractivity contribution in [2.24, 2.45) is 0 Å². The van der Waals surface area contributed by atoms with Crippen molar-refractivity contribution in [2.75, 3.05) is 0 Å². The first-order valence-corrected chi connectivity index (χ1v) is 4.36. The Morgan fingerprint density at radius 1 is 1.07 bits per heavy atom. The Morgan fingerprint density at radius 2 is 1.86 bits per heavy atom. The number of hydrogen-bond acceptors (Lipinski definition) is 4. The molecule has 0 saturated carbocycles. The Bertz CT molecular complexity index is 460. The quantitative estimate of drug-likeness (QED) is 0.671. The van der Waals surface area contributed by atoms with Gasteiger partial charge in [-0.3, -0.25) is 4.57 Å². The van der Waals surface area contributed by atoms with Crippen LogP contribution in [0.3, 0.4) is 0 Å². The maximum atomic E-state index is 4.33. The third-order valence-electron chi connectivity index (χ3n) is 2.12. The lowest BCUT2D eigenvalue weighted by Crippen LogP contribution is -2.06. The highest BCUT2D eigenvalue weighted by Gasteiger charge is 2.05. The lowest BCUT2D eigenvalue weighted by Gasteiger charge is -2.03. The van der Waals surface area contributed by atoms with Gasteiger partial charge in [-0.1, -0.05) is 0 Å². The highest BCUT2D eigenvalue weighted by molar-refractivity contribution is 5.17. The number of hydrogen-bond donors (Lipinski definition) is 0. The second kappa shape index (κ2) is 3.17. The average molecular weight is 189 g/mol. The molecule has 0 saturated heterocycles. The molecular formula is C9H11N5. The van der Waals surface area contributed by atoms with Gasteiger partial charge in [0.1, 0.15) is 5.82 Å². The predicted octanol–water partition coefficient (Wildman–Crippen LogP) is 0.983. The Labute approximate surface area is 81.8 Å². The van der Waals surface area contributed by atoms with Gasteiger partial charge in [0, 0.05) is 12.4 Å². The van der Waals surface area contributed by atoms with Crippen molar-refractivity contribution in [1.82, 2.24) is 24.7 Å². The minimum atomic E-state index is 0.572. The van der Waals surface area contributed by atoms with Crippen LogP contribution in [0.5, 0.6) is 0 Å². The Balaban J connectivity index is 2.53. The van der Waals surface area contributed by atoms with Crippen molar-refractivity contribution < 1.29 is 0 Å². The van der Waals surface area contributed by atoms with E-state index >= 15 is 0 Å². The molecule has 5 heteroatoms. The number of aromatic nitrogens is 5. The van der Waals surface area contributed by atoms with Gasteiger partial charge in [-0.05, 0) is 20.8 Å². The molecule has 72 valence electrons. The first kappa shape index (κ1) is 8.80. The van der Waals surface area contributed by atoms with Gasteiger partial charge in [0.2, 0.25) is 0 Å². The smallest absolute Gasteiger partial charge is 0.255 e. The van der Waals surface area contributed by atoms with Crippen LogP contribution in [0.2, 0.25) is 0 Å². The number of imidazole rings is 1. The molecule has 0 aliphatic rings. The summed E-state index contributed by atoms with van der Waals surface area (Å²) < 4.78 is 1.80. The Kier molecular flexibility index (Phi) is 1.99. The second-order valence-electron chi connectivity index (χ2n) is 3.13. The van der Waals surface area contributed by atoms with E-state index < -0.39 is 0 Å². The summed E-state index contributed by atoms with van der Waals surface area (Å²) in [5.74, 6) is 1.43. The molecule has 0 N–H and O–H groups in total. The van der Waals surface area contributed by atoms with E-state index in [-0.39, 0.29) is 0 Å². The standard InChI is InChI=1S/C9H11N5/c1-6-7(2)12-13-9(11-6)14-5-4-10-8(14)3/h4-5H,1-3H3. The normalized spacial score (nSPS) is 10.5. The lowest BCUT2D eigenvalue weighted by molar-refractivity contribution is 0.797. The molecule has 14 heavy (non-hydrogen) atoms. The molecule has 0 amide bonds. The summed E-state index contributed by atoms with van der Waals surface area (Å²) in [7, 11) is 0. The average Bonchev–Trinajstić information content (AvgIpc) is 2.57. The van der Waals surface area contributed by atoms with Crippen LogP contribution in [0, 0.1) is 20.8 Å². The van der Waals surface area contributed by atoms with Gasteiger partial charge in [0.05, 0.1) is 11.4 Å². The zero-order valence-electron chi connectivity index (χ0n) is 8.39. The molecule has 5 nitrogen and oxygen atoms in total. The van der Waals surface area contributed by atoms with E-state index in [0.29, 0.717) is 5.95 Å². The fraction of sp³-hybridized carbons (Fsp3) is 0.333. The SMILES string of the molecule is Cc1nnc(-n2ccnc2C)nc1C. The molecule has 0 aromatic carbocycles. The van der Waals surface area contributed by atoms with Crippen LogP contribution >= 0.6 is 0 Å². The summed E-state index contributed by atoms with van der Waals surface area (Å²) in [4.78, 5) is 8.43. The summed E-state index contributed by atoms with van der Waals surface area (Å²) in [6, 6.07) is 0. The van der Waals surface area contributed by atoms with Gasteiger partial charge in [0.25, 0.3) is 5.95 Å². The van der Waals surface area contributed by atoms with E-state index in [0.717, 1.165) is 17.2 Å². The molecule has 0 aliphatic heterocycles. The van der Waals surface area contributed by atoms with E-state index in [9.17, 15) is 0 Å². The third kappa shape index (κ3) is 1.37. The monoisotopic (exact) mass is 189 g/mol. The van der Waals surface area contributed by atoms with E-state index in [1.165, 1.54) is 0 Å². The number of rotatable bonds is 1. The lowest BCUT2D eigenvalue weighted by atomic mass is 10.4. The second-order valence-corrected chi connectivity index (χ2v) is 3.13. The first-order chi connectivity index (χ1) is 6.68. The van der Waals surface area contributed by atoms with Crippen LogP contribution in [-0.4, -0.2) is 24.7 Å². The highest BCUT2D eigenvalue weighted by Crippen LogP contribution is 2.05. The molecule has 0 unspecified atom stereocenters. The minimum Gasteiger partial charge on any atom is -0.271 e. The van der Waals surface area contributed by atoms with Gasteiger partial charge < -0.3 is 0 Å². The molecule has 0 fully saturated rings. The number of nitrogens with zero attached hydrogens (tertiary/aromatic N) is 5. The van der Waals surface area contributed by atoms with Crippen molar-refractivity contribution in [3.63, 3.8) is 0 Å². The Hall–Kier alpha value is -1.78. The van der Waals surface area contributed by atoms with Gasteiger partial charge in [-0.15, -0.1) is 5.10 Å². The van der Waals surface area contributed by atoms with Crippen LogP contribution < -0.4 is 0 Å². The summed E-state index contributed by atoms with van der Waals surface area (Å²) in [5, 5.41) is 8.02. The predicted molar refractivity (Wildman–Crippen MR) is 51.2 cm³/mol. The molecule has 2 aromatic rings. The van der Waals surface area contributed by atoms with E-state index in [4.69, 9.17) is 0 Å². The van der Waals surface area contributed by atoms with E-state index in [2.05, 4.69) is 20.2 Å². The van der Waals surface area contributed by atoms with Crippen molar-refractivity contribution in [3.8, 4) is 5.95 Å². The molecule has 2 aromatic heterocycles. The van der Waals surface area contributed by atoms with Gasteiger partial charge in [-0.2, -0.15) is 5.10 Å². The zero-order valence-corrected chi connectivity index (χ0v) is 8.39. The molecule has 2 rings (SSSR count). The minimum absolute atomic E-state index is 0.572. The van der Waals surface area contributed by atoms with Crippen LogP contribution in [0.25, 0.3) is 5.95 Å². The summed E-state index contributed by atoms with van der Waals surface area (Å²) >= 11 is 0. The fourth-order valence-corrected chi connectivity index (χ4v) is 1.14. The molecule has 0 radical (unpaired) electrons. The summed E-state index contributed by atoms with van der Waals surface area (Å²) in [6.45, 7) is 5.71. The van der Waals surface area contributed by atoms with Gasteiger partial charge in [-0.25, -0.2) is 9.97 Å². The molecule has 0 atom stereocenters. The maximum Gasteiger partial charge on any atom is 0.255 e. The topological polar surface area (TPSA) is 56.5 Å². The van der Waals surface area contributed by atoms with Crippen LogP contribution in [-0.2, 0) is 0 Å². The van der Waals surface area contributed by atoms with Gasteiger partial charge in [0.15, 0.2) is 0 Å². The summed E-state index contributed by atoms with van der Waals surface area (Å²) in [5.41, 5.74) is 1.75. The maximum absolute atomic E-state index is 4.33. The largest absolute Gasteiger partial charge is 0.271 e. The van der Waals surface area contributed by atoms with E-state index in [1.54, 1.807) is 10.8 Å². The van der Waals surface area contributed by atoms with Crippen molar-refractivity contribution in [2.45, 2.75) is 20.8 Å². The molecule has 0 bridgehead atoms. The molecular weight excluding hydrogens is 178 g/mol. The Morgan fingerprint density at radius 3 is 2.43 bits per heavy atom. The number of aryl methyl sites for hydroxylation is 3. The highest BCUT2D eigenvalue weighted by atomic mass is 15.3. The third-order valence-corrected chi connectivity index (χ3v) is 2.12. The van der Waals surface area contributed by atoms with Gasteiger partial charge >= 0.3 is 0 Å². The van der Waals surface area contributed by atoms with Crippen molar-refractivity contribution in [3.05, 3.63) is 29.6 Å². The van der Waals surface area contributed by atoms with E-state index in [1.807, 2.05) is 27.0 Å². The fourth-order valence-electron chi connectivity index (χ4n) is 1.14. The first-order valence-electron chi connectivity index (χ1n) is 4.36. The van der Waals surface area contributed by atoms with Crippen LogP contribution in [0.4, 0.5) is 0 Å². The zero-order chi connectivity index (χ0) is 10.1. The molecule has 0 aliphatic carbocycles. The van der Waals surface area contributed by atoms with Crippen molar-refractivity contribution >= 4 is 0 Å². The molecule has 2 heterocycles.